The first kappa shape index (κ1) is 24.3. The summed E-state index contributed by atoms with van der Waals surface area (Å²) >= 11 is 0. The largest absolute Gasteiger partial charge is 0.364 e. The third-order valence-corrected chi connectivity index (χ3v) is 7.98. The lowest BCUT2D eigenvalue weighted by Gasteiger charge is -2.34. The molecule has 0 spiro atoms. The van der Waals surface area contributed by atoms with Crippen LogP contribution >= 0.6 is 0 Å². The molecule has 3 N–H and O–H groups in total. The van der Waals surface area contributed by atoms with E-state index in [9.17, 15) is 9.59 Å². The van der Waals surface area contributed by atoms with Crippen LogP contribution in [0.3, 0.4) is 0 Å². The van der Waals surface area contributed by atoms with Crippen molar-refractivity contribution in [1.29, 1.82) is 0 Å². The highest BCUT2D eigenvalue weighted by molar-refractivity contribution is 5.96. The second-order valence-corrected chi connectivity index (χ2v) is 10.7. The highest BCUT2D eigenvalue weighted by Gasteiger charge is 2.26. The van der Waals surface area contributed by atoms with E-state index in [1.54, 1.807) is 12.4 Å². The molecule has 4 heterocycles. The van der Waals surface area contributed by atoms with Gasteiger partial charge >= 0.3 is 0 Å². The van der Waals surface area contributed by atoms with Gasteiger partial charge in [-0.3, -0.25) is 14.6 Å². The van der Waals surface area contributed by atoms with Crippen molar-refractivity contribution in [2.75, 3.05) is 23.3 Å². The molecule has 1 atom stereocenters. The number of nitrogens with two attached hydrogens (primary N) is 1. The predicted octanol–water partition coefficient (Wildman–Crippen LogP) is 4.90. The Bertz CT molecular complexity index is 1830. The first-order valence-corrected chi connectivity index (χ1v) is 13.7. The minimum Gasteiger partial charge on any atom is -0.364 e. The van der Waals surface area contributed by atoms with E-state index < -0.39 is 5.91 Å². The quantitative estimate of drug-likeness (QED) is 0.320. The van der Waals surface area contributed by atoms with Crippen LogP contribution in [0, 0.1) is 0 Å². The number of benzene rings is 2. The summed E-state index contributed by atoms with van der Waals surface area (Å²) in [5, 5.41) is 5.95. The highest BCUT2D eigenvalue weighted by atomic mass is 16.1. The van der Waals surface area contributed by atoms with Crippen molar-refractivity contribution in [3.05, 3.63) is 94.8 Å². The molecule has 40 heavy (non-hydrogen) atoms. The maximum absolute atomic E-state index is 13.5. The predicted molar refractivity (Wildman–Crippen MR) is 156 cm³/mol. The van der Waals surface area contributed by atoms with Crippen molar-refractivity contribution in [3.63, 3.8) is 0 Å². The van der Waals surface area contributed by atoms with Gasteiger partial charge in [0.25, 0.3) is 11.5 Å². The van der Waals surface area contributed by atoms with Gasteiger partial charge in [0.15, 0.2) is 11.5 Å². The molecule has 1 amide bonds. The molecule has 1 aliphatic heterocycles. The zero-order chi connectivity index (χ0) is 27.2. The molecule has 7 rings (SSSR count). The highest BCUT2D eigenvalue weighted by Crippen LogP contribution is 2.40. The van der Waals surface area contributed by atoms with Gasteiger partial charge in [0.2, 0.25) is 0 Å². The van der Waals surface area contributed by atoms with E-state index in [2.05, 4.69) is 38.4 Å². The summed E-state index contributed by atoms with van der Waals surface area (Å²) in [5.41, 5.74) is 8.69. The standard InChI is InChI=1S/C31H29N7O2/c32-29(39)28-30(35-23-8-10-26-22(16-23)3-1-12-33-26)36-27(17-34-28)37-13-2-4-24(18-37)38-14-11-21-15-20(19-5-6-19)7-9-25(21)31(38)40/h1,3,7-12,14-17,19,24H,2,4-6,13,18H2,(H2,32,39)(H,35,36). The minimum absolute atomic E-state index is 0.00391. The molecule has 2 aliphatic rings. The fraction of sp³-hybridized carbons (Fsp3) is 0.258. The summed E-state index contributed by atoms with van der Waals surface area (Å²) in [7, 11) is 0. The van der Waals surface area contributed by atoms with Gasteiger partial charge in [0.05, 0.1) is 17.8 Å². The number of hydrogen-bond acceptors (Lipinski definition) is 7. The fourth-order valence-electron chi connectivity index (χ4n) is 5.72. The number of hydrogen-bond donors (Lipinski definition) is 2. The lowest BCUT2D eigenvalue weighted by atomic mass is 10.0. The molecule has 9 heteroatoms. The van der Waals surface area contributed by atoms with Crippen LogP contribution in [0.2, 0.25) is 0 Å². The Morgan fingerprint density at radius 2 is 1.90 bits per heavy atom. The van der Waals surface area contributed by atoms with E-state index in [1.165, 1.54) is 18.4 Å². The van der Waals surface area contributed by atoms with Gasteiger partial charge < -0.3 is 20.5 Å². The van der Waals surface area contributed by atoms with Crippen LogP contribution in [0.25, 0.3) is 21.7 Å². The summed E-state index contributed by atoms with van der Waals surface area (Å²) < 4.78 is 1.86. The molecule has 1 aliphatic carbocycles. The Kier molecular flexibility index (Phi) is 5.91. The SMILES string of the molecule is NC(=O)c1ncc(N2CCCC(n3ccc4cc(C5CC5)ccc4c3=O)C2)nc1Nc1ccc2ncccc2c1. The Hall–Kier alpha value is -4.79. The van der Waals surface area contributed by atoms with E-state index in [1.807, 2.05) is 47.2 Å². The lowest BCUT2D eigenvalue weighted by molar-refractivity contribution is 0.0996. The first-order chi connectivity index (χ1) is 19.5. The normalized spacial score (nSPS) is 17.3. The number of nitrogens with zero attached hydrogens (tertiary/aromatic N) is 5. The molecule has 1 unspecified atom stereocenters. The van der Waals surface area contributed by atoms with E-state index in [4.69, 9.17) is 10.7 Å². The van der Waals surface area contributed by atoms with Crippen molar-refractivity contribution >= 4 is 44.9 Å². The monoisotopic (exact) mass is 531 g/mol. The van der Waals surface area contributed by atoms with Gasteiger partial charge in [-0.1, -0.05) is 18.2 Å². The number of rotatable bonds is 6. The van der Waals surface area contributed by atoms with Crippen LogP contribution in [-0.2, 0) is 0 Å². The van der Waals surface area contributed by atoms with E-state index >= 15 is 0 Å². The average molecular weight is 532 g/mol. The number of amides is 1. The third-order valence-electron chi connectivity index (χ3n) is 7.98. The average Bonchev–Trinajstić information content (AvgIpc) is 3.83. The van der Waals surface area contributed by atoms with Crippen LogP contribution in [0.1, 0.15) is 53.7 Å². The van der Waals surface area contributed by atoms with Gasteiger partial charge in [0, 0.05) is 41.9 Å². The second-order valence-electron chi connectivity index (χ2n) is 10.7. The molecular formula is C31H29N7O2. The number of primary amides is 1. The van der Waals surface area contributed by atoms with Crippen molar-refractivity contribution in [2.45, 2.75) is 37.6 Å². The van der Waals surface area contributed by atoms with E-state index in [0.29, 0.717) is 24.1 Å². The van der Waals surface area contributed by atoms with E-state index in [-0.39, 0.29) is 17.3 Å². The van der Waals surface area contributed by atoms with Gasteiger partial charge in [-0.15, -0.1) is 0 Å². The Morgan fingerprint density at radius 1 is 1.00 bits per heavy atom. The molecule has 2 aromatic carbocycles. The topological polar surface area (TPSA) is 119 Å². The number of fused-ring (bicyclic) bond motifs is 2. The minimum atomic E-state index is -0.659. The summed E-state index contributed by atoms with van der Waals surface area (Å²) in [4.78, 5) is 41.3. The number of pyridine rings is 2. The van der Waals surface area contributed by atoms with Crippen molar-refractivity contribution in [2.24, 2.45) is 5.73 Å². The van der Waals surface area contributed by atoms with Crippen LogP contribution in [-0.4, -0.2) is 38.5 Å². The summed E-state index contributed by atoms with van der Waals surface area (Å²) in [6, 6.07) is 17.9. The molecule has 2 fully saturated rings. The molecule has 1 saturated carbocycles. The molecule has 5 aromatic rings. The first-order valence-electron chi connectivity index (χ1n) is 13.7. The number of piperidine rings is 1. The number of nitrogens with one attached hydrogen (secondary N) is 1. The summed E-state index contributed by atoms with van der Waals surface area (Å²) in [6.45, 7) is 1.38. The number of aromatic nitrogens is 4. The van der Waals surface area contributed by atoms with Crippen molar-refractivity contribution in [3.8, 4) is 0 Å². The van der Waals surface area contributed by atoms with E-state index in [0.717, 1.165) is 46.7 Å². The Labute approximate surface area is 230 Å². The smallest absolute Gasteiger partial charge is 0.271 e. The van der Waals surface area contributed by atoms with Gasteiger partial charge in [-0.05, 0) is 78.9 Å². The summed E-state index contributed by atoms with van der Waals surface area (Å²) in [6.07, 6.45) is 9.53. The maximum Gasteiger partial charge on any atom is 0.271 e. The molecule has 3 aromatic heterocycles. The number of carbonyl (C=O) groups is 1. The molecule has 0 radical (unpaired) electrons. The van der Waals surface area contributed by atoms with Crippen LogP contribution < -0.4 is 21.5 Å². The van der Waals surface area contributed by atoms with Gasteiger partial charge in [-0.25, -0.2) is 9.97 Å². The Morgan fingerprint density at radius 3 is 2.75 bits per heavy atom. The van der Waals surface area contributed by atoms with Crippen LogP contribution in [0.4, 0.5) is 17.3 Å². The zero-order valence-electron chi connectivity index (χ0n) is 22.0. The fourth-order valence-corrected chi connectivity index (χ4v) is 5.72. The zero-order valence-corrected chi connectivity index (χ0v) is 22.0. The van der Waals surface area contributed by atoms with Crippen molar-refractivity contribution in [1.82, 2.24) is 19.5 Å². The molecule has 9 nitrogen and oxygen atoms in total. The van der Waals surface area contributed by atoms with Crippen LogP contribution in [0.15, 0.2) is 78.0 Å². The van der Waals surface area contributed by atoms with Gasteiger partial charge in [-0.2, -0.15) is 0 Å². The van der Waals surface area contributed by atoms with Gasteiger partial charge in [0.1, 0.15) is 5.82 Å². The number of anilines is 3. The second kappa shape index (κ2) is 9.75. The lowest BCUT2D eigenvalue weighted by Crippen LogP contribution is -2.40. The molecular weight excluding hydrogens is 502 g/mol. The van der Waals surface area contributed by atoms with Crippen LogP contribution in [0.5, 0.6) is 0 Å². The third kappa shape index (κ3) is 4.53. The molecule has 200 valence electrons. The number of carbonyl (C=O) groups excluding carboxylic acids is 1. The molecule has 1 saturated heterocycles. The summed E-state index contributed by atoms with van der Waals surface area (Å²) in [5.74, 6) is 0.916. The van der Waals surface area contributed by atoms with Crippen molar-refractivity contribution < 1.29 is 4.79 Å². The molecule has 0 bridgehead atoms. The Balaban J connectivity index is 1.17. The maximum atomic E-state index is 13.5.